The second kappa shape index (κ2) is 4.80. The minimum atomic E-state index is -0.342. The molecule has 4 nitrogen and oxygen atoms in total. The number of aldehydes is 1. The van der Waals surface area contributed by atoms with Gasteiger partial charge in [0.2, 0.25) is 5.91 Å². The molecule has 0 saturated carbocycles. The molecule has 96 valence electrons. The molecule has 1 aromatic rings. The Morgan fingerprint density at radius 1 is 1.28 bits per heavy atom. The number of nitrogens with zero attached hydrogens (tertiary/aromatic N) is 1. The van der Waals surface area contributed by atoms with E-state index in [4.69, 9.17) is 4.74 Å². The van der Waals surface area contributed by atoms with Crippen molar-refractivity contribution in [2.24, 2.45) is 11.8 Å². The first kappa shape index (κ1) is 12.6. The lowest BCUT2D eigenvalue weighted by atomic mass is 9.79. The average Bonchev–Trinajstić information content (AvgIpc) is 2.36. The van der Waals surface area contributed by atoms with E-state index in [1.54, 1.807) is 36.3 Å². The van der Waals surface area contributed by atoms with Crippen LogP contribution in [0.1, 0.15) is 13.8 Å². The molecule has 1 heterocycles. The highest BCUT2D eigenvalue weighted by Crippen LogP contribution is 2.36. The summed E-state index contributed by atoms with van der Waals surface area (Å²) in [6.45, 7) is 3.93. The molecule has 1 fully saturated rings. The zero-order chi connectivity index (χ0) is 13.3. The van der Waals surface area contributed by atoms with Gasteiger partial charge in [0, 0.05) is 5.69 Å². The van der Waals surface area contributed by atoms with Crippen LogP contribution in [0.2, 0.25) is 0 Å². The van der Waals surface area contributed by atoms with Gasteiger partial charge in [0.05, 0.1) is 13.0 Å². The second-order valence-electron chi connectivity index (χ2n) is 4.80. The van der Waals surface area contributed by atoms with Crippen LogP contribution in [0.3, 0.4) is 0 Å². The van der Waals surface area contributed by atoms with Crippen LogP contribution >= 0.6 is 0 Å². The molecule has 4 heteroatoms. The smallest absolute Gasteiger partial charge is 0.233 e. The van der Waals surface area contributed by atoms with Gasteiger partial charge >= 0.3 is 0 Å². The topological polar surface area (TPSA) is 46.6 Å². The summed E-state index contributed by atoms with van der Waals surface area (Å²) in [7, 11) is 1.59. The molecule has 1 saturated heterocycles. The largest absolute Gasteiger partial charge is 0.497 e. The number of carbonyl (C=O) groups is 2. The quantitative estimate of drug-likeness (QED) is 0.603. The van der Waals surface area contributed by atoms with Crippen molar-refractivity contribution in [3.05, 3.63) is 24.3 Å². The van der Waals surface area contributed by atoms with Gasteiger partial charge in [-0.3, -0.25) is 4.79 Å². The third kappa shape index (κ3) is 1.88. The molecule has 2 rings (SSSR count). The Bertz CT molecular complexity index is 453. The van der Waals surface area contributed by atoms with Gasteiger partial charge < -0.3 is 14.4 Å². The molecule has 1 aromatic carbocycles. The van der Waals surface area contributed by atoms with E-state index in [0.29, 0.717) is 0 Å². The third-order valence-electron chi connectivity index (χ3n) is 3.40. The van der Waals surface area contributed by atoms with E-state index in [1.807, 2.05) is 13.8 Å². The van der Waals surface area contributed by atoms with Crippen LogP contribution in [0, 0.1) is 11.8 Å². The fourth-order valence-electron chi connectivity index (χ4n) is 2.40. The Kier molecular flexibility index (Phi) is 3.36. The van der Waals surface area contributed by atoms with Crippen molar-refractivity contribution < 1.29 is 14.3 Å². The Morgan fingerprint density at radius 3 is 2.33 bits per heavy atom. The van der Waals surface area contributed by atoms with E-state index in [-0.39, 0.29) is 23.8 Å². The summed E-state index contributed by atoms with van der Waals surface area (Å²) in [5.41, 5.74) is 0.745. The van der Waals surface area contributed by atoms with E-state index < -0.39 is 0 Å². The fourth-order valence-corrected chi connectivity index (χ4v) is 2.40. The lowest BCUT2D eigenvalue weighted by Crippen LogP contribution is -2.63. The zero-order valence-corrected chi connectivity index (χ0v) is 10.8. The normalized spacial score (nSPS) is 22.9. The van der Waals surface area contributed by atoms with Crippen molar-refractivity contribution in [3.8, 4) is 5.75 Å². The summed E-state index contributed by atoms with van der Waals surface area (Å²) in [5.74, 6) is 0.744. The average molecular weight is 247 g/mol. The monoisotopic (exact) mass is 247 g/mol. The molecular formula is C14H17NO3. The Morgan fingerprint density at radius 2 is 1.89 bits per heavy atom. The van der Waals surface area contributed by atoms with Gasteiger partial charge in [-0.2, -0.15) is 0 Å². The lowest BCUT2D eigenvalue weighted by Gasteiger charge is -2.46. The molecule has 1 aliphatic heterocycles. The van der Waals surface area contributed by atoms with Gasteiger partial charge in [0.15, 0.2) is 0 Å². The van der Waals surface area contributed by atoms with Crippen LogP contribution in [0.4, 0.5) is 5.69 Å². The maximum absolute atomic E-state index is 12.1. The molecular weight excluding hydrogens is 230 g/mol. The minimum Gasteiger partial charge on any atom is -0.497 e. The molecule has 18 heavy (non-hydrogen) atoms. The Balaban J connectivity index is 2.23. The number of benzene rings is 1. The van der Waals surface area contributed by atoms with Gasteiger partial charge in [0.25, 0.3) is 0 Å². The molecule has 1 aliphatic rings. The molecule has 0 radical (unpaired) electrons. The van der Waals surface area contributed by atoms with E-state index in [1.165, 1.54) is 0 Å². The Labute approximate surface area is 107 Å². The van der Waals surface area contributed by atoms with Crippen LogP contribution in [-0.4, -0.2) is 25.3 Å². The number of rotatable bonds is 4. The second-order valence-corrected chi connectivity index (χ2v) is 4.80. The minimum absolute atomic E-state index is 0.0206. The van der Waals surface area contributed by atoms with Crippen molar-refractivity contribution in [2.45, 2.75) is 19.9 Å². The number of anilines is 1. The van der Waals surface area contributed by atoms with E-state index in [9.17, 15) is 9.59 Å². The number of methoxy groups -OCH3 is 1. The fraction of sp³-hybridized carbons (Fsp3) is 0.429. The van der Waals surface area contributed by atoms with Gasteiger partial charge in [-0.25, -0.2) is 0 Å². The summed E-state index contributed by atoms with van der Waals surface area (Å²) in [5, 5.41) is 0. The van der Waals surface area contributed by atoms with E-state index in [2.05, 4.69) is 0 Å². The van der Waals surface area contributed by atoms with Crippen molar-refractivity contribution in [2.75, 3.05) is 12.0 Å². The van der Waals surface area contributed by atoms with Crippen molar-refractivity contribution in [3.63, 3.8) is 0 Å². The third-order valence-corrected chi connectivity index (χ3v) is 3.40. The van der Waals surface area contributed by atoms with Crippen molar-refractivity contribution in [1.29, 1.82) is 0 Å². The highest BCUT2D eigenvalue weighted by molar-refractivity contribution is 6.08. The summed E-state index contributed by atoms with van der Waals surface area (Å²) in [4.78, 5) is 24.8. The first-order valence-electron chi connectivity index (χ1n) is 6.02. The number of carbonyl (C=O) groups excluding carboxylic acids is 2. The molecule has 0 spiro atoms. The van der Waals surface area contributed by atoms with Crippen molar-refractivity contribution in [1.82, 2.24) is 0 Å². The van der Waals surface area contributed by atoms with E-state index >= 15 is 0 Å². The number of hydrogen-bond donors (Lipinski definition) is 0. The predicted molar refractivity (Wildman–Crippen MR) is 68.7 cm³/mol. The van der Waals surface area contributed by atoms with Crippen LogP contribution < -0.4 is 9.64 Å². The van der Waals surface area contributed by atoms with Gasteiger partial charge in [-0.15, -0.1) is 0 Å². The molecule has 0 unspecified atom stereocenters. The van der Waals surface area contributed by atoms with Gasteiger partial charge in [0.1, 0.15) is 18.1 Å². The highest BCUT2D eigenvalue weighted by Gasteiger charge is 2.49. The number of ether oxygens (including phenoxy) is 1. The standard InChI is InChI=1S/C14H17NO3/c1-9(2)13-12(8-16)15(14(13)17)10-4-6-11(18-3)7-5-10/h4-9,12-13H,1-3H3/t12-,13+/m1/s1. The summed E-state index contributed by atoms with van der Waals surface area (Å²) in [6, 6.07) is 6.82. The molecule has 0 bridgehead atoms. The molecule has 0 aromatic heterocycles. The van der Waals surface area contributed by atoms with E-state index in [0.717, 1.165) is 17.7 Å². The summed E-state index contributed by atoms with van der Waals surface area (Å²) >= 11 is 0. The number of hydrogen-bond acceptors (Lipinski definition) is 3. The maximum Gasteiger partial charge on any atom is 0.233 e. The SMILES string of the molecule is COc1ccc(N2C(=O)[C@@H](C(C)C)[C@H]2C=O)cc1. The molecule has 0 aliphatic carbocycles. The first-order chi connectivity index (χ1) is 8.60. The summed E-state index contributed by atoms with van der Waals surface area (Å²) < 4.78 is 5.07. The highest BCUT2D eigenvalue weighted by atomic mass is 16.5. The van der Waals surface area contributed by atoms with Crippen molar-refractivity contribution >= 4 is 17.9 Å². The predicted octanol–water partition coefficient (Wildman–Crippen LogP) is 1.88. The molecule has 1 amide bonds. The first-order valence-corrected chi connectivity index (χ1v) is 6.02. The zero-order valence-electron chi connectivity index (χ0n) is 10.8. The van der Waals surface area contributed by atoms with Crippen LogP contribution in [0.15, 0.2) is 24.3 Å². The lowest BCUT2D eigenvalue weighted by molar-refractivity contribution is -0.135. The van der Waals surface area contributed by atoms with Crippen LogP contribution in [0.25, 0.3) is 0 Å². The molecule has 2 atom stereocenters. The van der Waals surface area contributed by atoms with Crippen LogP contribution in [0.5, 0.6) is 5.75 Å². The number of β-lactam (4-membered cyclic amide) rings is 1. The number of amides is 1. The maximum atomic E-state index is 12.1. The van der Waals surface area contributed by atoms with Gasteiger partial charge in [-0.05, 0) is 30.2 Å². The Hall–Kier alpha value is -1.84. The molecule has 0 N–H and O–H groups in total. The van der Waals surface area contributed by atoms with Crippen LogP contribution in [-0.2, 0) is 9.59 Å². The van der Waals surface area contributed by atoms with Gasteiger partial charge in [-0.1, -0.05) is 13.8 Å². The summed E-state index contributed by atoms with van der Waals surface area (Å²) in [6.07, 6.45) is 0.857.